The lowest BCUT2D eigenvalue weighted by Crippen LogP contribution is -2.24. The van der Waals surface area contributed by atoms with Crippen LogP contribution in [0.4, 0.5) is 19.0 Å². The molecule has 3 aromatic heterocycles. The molecule has 0 atom stereocenters. The Hall–Kier alpha value is -4.33. The van der Waals surface area contributed by atoms with Crippen LogP contribution in [0.5, 0.6) is 5.88 Å². The molecule has 2 N–H and O–H groups in total. The monoisotopic (exact) mass is 508 g/mol. The van der Waals surface area contributed by atoms with Gasteiger partial charge in [-0.2, -0.15) is 13.2 Å². The molecule has 4 rings (SSSR count). The molecule has 1 amide bonds. The summed E-state index contributed by atoms with van der Waals surface area (Å²) in [6, 6.07) is 9.41. The molecule has 14 heteroatoms. The Morgan fingerprint density at radius 2 is 1.86 bits per heavy atom. The molecular weight excluding hydrogens is 493 g/mol. The van der Waals surface area contributed by atoms with Crippen molar-refractivity contribution in [3.63, 3.8) is 0 Å². The first kappa shape index (κ1) is 23.8. The highest BCUT2D eigenvalue weighted by atomic mass is 32.2. The molecule has 0 unspecified atom stereocenters. The number of anilines is 1. The van der Waals surface area contributed by atoms with Crippen LogP contribution in [0.3, 0.4) is 0 Å². The highest BCUT2D eigenvalue weighted by Crippen LogP contribution is 2.30. The van der Waals surface area contributed by atoms with Gasteiger partial charge in [0, 0.05) is 6.20 Å². The summed E-state index contributed by atoms with van der Waals surface area (Å²) in [5.74, 6) is -0.801. The normalized spacial score (nSPS) is 12.0. The topological polar surface area (TPSA) is 136 Å². The zero-order valence-electron chi connectivity index (χ0n) is 17.4. The van der Waals surface area contributed by atoms with Gasteiger partial charge in [-0.25, -0.2) is 22.8 Å². The van der Waals surface area contributed by atoms with E-state index in [4.69, 9.17) is 4.42 Å². The number of hydrogen-bond donors (Lipinski definition) is 2. The van der Waals surface area contributed by atoms with Crippen LogP contribution in [0.25, 0.3) is 5.69 Å². The summed E-state index contributed by atoms with van der Waals surface area (Å²) in [5.41, 5.74) is -5.74. The van der Waals surface area contributed by atoms with Gasteiger partial charge in [0.15, 0.2) is 5.76 Å². The smallest absolute Gasteiger partial charge is 0.493 e. The van der Waals surface area contributed by atoms with Crippen molar-refractivity contribution in [2.75, 3.05) is 5.32 Å². The van der Waals surface area contributed by atoms with Crippen molar-refractivity contribution in [1.29, 1.82) is 0 Å². The number of carbonyl (C=O) groups is 1. The van der Waals surface area contributed by atoms with E-state index in [9.17, 15) is 36.3 Å². The van der Waals surface area contributed by atoms with E-state index < -0.39 is 37.7 Å². The minimum absolute atomic E-state index is 0.0477. The molecule has 0 spiro atoms. The molecule has 0 saturated heterocycles. The van der Waals surface area contributed by atoms with Crippen LogP contribution < -0.4 is 11.0 Å². The van der Waals surface area contributed by atoms with Crippen LogP contribution in [0.15, 0.2) is 81.3 Å². The molecule has 0 saturated carbocycles. The van der Waals surface area contributed by atoms with Crippen LogP contribution in [0.1, 0.15) is 16.1 Å². The minimum atomic E-state index is -5.56. The first-order valence-corrected chi connectivity index (χ1v) is 11.2. The molecule has 1 aromatic carbocycles. The van der Waals surface area contributed by atoms with Gasteiger partial charge in [0.25, 0.3) is 15.7 Å². The van der Waals surface area contributed by atoms with Gasteiger partial charge in [0.1, 0.15) is 5.82 Å². The van der Waals surface area contributed by atoms with Crippen molar-refractivity contribution in [3.05, 3.63) is 89.0 Å². The van der Waals surface area contributed by atoms with Gasteiger partial charge in [0.2, 0.25) is 5.88 Å². The number of furan rings is 1. The van der Waals surface area contributed by atoms with Gasteiger partial charge in [-0.3, -0.25) is 9.36 Å². The molecule has 10 nitrogen and oxygen atoms in total. The number of aromatic hydroxyl groups is 1. The third-order valence-electron chi connectivity index (χ3n) is 4.81. The maximum Gasteiger partial charge on any atom is 0.501 e. The van der Waals surface area contributed by atoms with E-state index in [-0.39, 0.29) is 23.8 Å². The number of aromatic nitrogens is 3. The van der Waals surface area contributed by atoms with Gasteiger partial charge in [0.05, 0.1) is 29.6 Å². The Kier molecular flexibility index (Phi) is 5.98. The highest BCUT2D eigenvalue weighted by molar-refractivity contribution is 7.92. The van der Waals surface area contributed by atoms with Gasteiger partial charge < -0.3 is 14.8 Å². The minimum Gasteiger partial charge on any atom is -0.493 e. The molecule has 35 heavy (non-hydrogen) atoms. The number of rotatable bonds is 6. The number of hydrogen-bond acceptors (Lipinski definition) is 7. The maximum atomic E-state index is 12.8. The number of benzene rings is 1. The van der Waals surface area contributed by atoms with Crippen molar-refractivity contribution in [2.45, 2.75) is 16.9 Å². The van der Waals surface area contributed by atoms with E-state index in [0.717, 1.165) is 27.5 Å². The van der Waals surface area contributed by atoms with Gasteiger partial charge in [-0.1, -0.05) is 0 Å². The summed E-state index contributed by atoms with van der Waals surface area (Å²) < 4.78 is 68.2. The first-order valence-electron chi connectivity index (χ1n) is 9.70. The Balaban J connectivity index is 1.57. The Labute approximate surface area is 194 Å². The number of halogens is 3. The zero-order valence-corrected chi connectivity index (χ0v) is 18.2. The van der Waals surface area contributed by atoms with E-state index in [2.05, 4.69) is 10.3 Å². The second-order valence-electron chi connectivity index (χ2n) is 7.16. The first-order chi connectivity index (χ1) is 16.5. The number of pyridine rings is 1. The van der Waals surface area contributed by atoms with Gasteiger partial charge in [-0.05, 0) is 54.1 Å². The number of alkyl halides is 3. The molecule has 0 aliphatic rings. The Bertz CT molecular complexity index is 1540. The second-order valence-corrected chi connectivity index (χ2v) is 9.10. The lowest BCUT2D eigenvalue weighted by molar-refractivity contribution is -0.0436. The van der Waals surface area contributed by atoms with E-state index in [1.165, 1.54) is 24.6 Å². The van der Waals surface area contributed by atoms with Crippen molar-refractivity contribution in [1.82, 2.24) is 14.1 Å². The summed E-state index contributed by atoms with van der Waals surface area (Å²) >= 11 is 0. The quantitative estimate of drug-likeness (QED) is 0.409. The molecule has 0 radical (unpaired) electrons. The maximum absolute atomic E-state index is 12.8. The summed E-state index contributed by atoms with van der Waals surface area (Å²) in [7, 11) is -5.56. The third-order valence-corrected chi connectivity index (χ3v) is 6.31. The van der Waals surface area contributed by atoms with Crippen LogP contribution in [0, 0.1) is 0 Å². The average molecular weight is 508 g/mol. The summed E-state index contributed by atoms with van der Waals surface area (Å²) in [6.07, 6.45) is 3.84. The van der Waals surface area contributed by atoms with Crippen molar-refractivity contribution < 1.29 is 35.9 Å². The standard InChI is InChI=1S/C21H15F3N4O6S/c22-21(23,24)35(32,33)15-5-3-14(4-6-15)28-18(29)12-27(20(28)31)11-13-7-8-25-17(10-13)26-19(30)16-2-1-9-34-16/h1-10,12,29H,11H2,(H,25,26,30). The molecule has 0 fully saturated rings. The molecule has 0 aliphatic carbocycles. The summed E-state index contributed by atoms with van der Waals surface area (Å²) in [5, 5.41) is 12.8. The lowest BCUT2D eigenvalue weighted by Gasteiger charge is -2.09. The number of nitrogens with one attached hydrogen (secondary N) is 1. The molecule has 0 aliphatic heterocycles. The fraction of sp³-hybridized carbons (Fsp3) is 0.0952. The molecular formula is C21H15F3N4O6S. The number of imidazole rings is 1. The number of nitrogens with zero attached hydrogens (tertiary/aromatic N) is 3. The molecule has 182 valence electrons. The van der Waals surface area contributed by atoms with E-state index in [1.807, 2.05) is 0 Å². The fourth-order valence-corrected chi connectivity index (χ4v) is 3.93. The molecule has 0 bridgehead atoms. The Morgan fingerprint density at radius 1 is 1.14 bits per heavy atom. The second kappa shape index (κ2) is 8.79. The van der Waals surface area contributed by atoms with Crippen molar-refractivity contribution >= 4 is 21.6 Å². The highest BCUT2D eigenvalue weighted by Gasteiger charge is 2.46. The summed E-state index contributed by atoms with van der Waals surface area (Å²) in [6.45, 7) is -0.0495. The van der Waals surface area contributed by atoms with Crippen molar-refractivity contribution in [3.8, 4) is 11.6 Å². The van der Waals surface area contributed by atoms with E-state index >= 15 is 0 Å². The third kappa shape index (κ3) is 4.68. The number of carbonyl (C=O) groups excluding carboxylic acids is 1. The Morgan fingerprint density at radius 3 is 2.49 bits per heavy atom. The molecule has 4 aromatic rings. The van der Waals surface area contributed by atoms with Crippen LogP contribution in [-0.2, 0) is 16.4 Å². The predicted octanol–water partition coefficient (Wildman–Crippen LogP) is 2.93. The SMILES string of the molecule is O=C(Nc1cc(Cn2cc(O)n(-c3ccc(S(=O)(=O)C(F)(F)F)cc3)c2=O)ccn1)c1ccco1. The number of sulfone groups is 1. The van der Waals surface area contributed by atoms with E-state index in [0.29, 0.717) is 17.7 Å². The average Bonchev–Trinajstić information content (AvgIpc) is 3.42. The molecule has 3 heterocycles. The van der Waals surface area contributed by atoms with Crippen LogP contribution >= 0.6 is 0 Å². The van der Waals surface area contributed by atoms with Gasteiger partial charge >= 0.3 is 11.2 Å². The largest absolute Gasteiger partial charge is 0.501 e. The zero-order chi connectivity index (χ0) is 25.4. The van der Waals surface area contributed by atoms with Gasteiger partial charge in [-0.15, -0.1) is 0 Å². The summed E-state index contributed by atoms with van der Waals surface area (Å²) in [4.78, 5) is 28.0. The van der Waals surface area contributed by atoms with Crippen LogP contribution in [-0.4, -0.2) is 39.1 Å². The fourth-order valence-electron chi connectivity index (χ4n) is 3.17. The lowest BCUT2D eigenvalue weighted by atomic mass is 10.2. The van der Waals surface area contributed by atoms with Crippen LogP contribution in [0.2, 0.25) is 0 Å². The predicted molar refractivity (Wildman–Crippen MR) is 115 cm³/mol. The van der Waals surface area contributed by atoms with E-state index in [1.54, 1.807) is 12.1 Å². The number of amides is 1. The van der Waals surface area contributed by atoms with Crippen molar-refractivity contribution in [2.24, 2.45) is 0 Å².